The first-order valence-corrected chi connectivity index (χ1v) is 8.06. The van der Waals surface area contributed by atoms with Crippen LogP contribution in [-0.2, 0) is 0 Å². The minimum Gasteiger partial charge on any atom is -0.326 e. The Balaban J connectivity index is 2.38. The van der Waals surface area contributed by atoms with Crippen molar-refractivity contribution in [2.45, 2.75) is 25.4 Å². The van der Waals surface area contributed by atoms with E-state index in [4.69, 9.17) is 5.73 Å². The van der Waals surface area contributed by atoms with Crippen LogP contribution >= 0.6 is 49.9 Å². The van der Waals surface area contributed by atoms with E-state index >= 15 is 0 Å². The first-order valence-electron chi connectivity index (χ1n) is 5.31. The minimum atomic E-state index is 0.0799. The molecule has 2 rings (SSSR count). The van der Waals surface area contributed by atoms with Crippen LogP contribution in [0.3, 0.4) is 0 Å². The third kappa shape index (κ3) is 3.10. The Kier molecular flexibility index (Phi) is 4.62. The normalized spacial score (nSPS) is 14.8. The first-order chi connectivity index (χ1) is 8.11. The highest BCUT2D eigenvalue weighted by atomic mass is 127. The number of aromatic nitrogens is 2. The molecule has 6 heteroatoms. The van der Waals surface area contributed by atoms with Crippen LogP contribution in [0, 0.1) is 3.57 Å². The second kappa shape index (κ2) is 5.81. The number of hydrogen-bond donors (Lipinski definition) is 1. The molecule has 2 unspecified atom stereocenters. The van der Waals surface area contributed by atoms with Gasteiger partial charge in [-0.15, -0.1) is 11.3 Å². The quantitative estimate of drug-likeness (QED) is 0.760. The van der Waals surface area contributed by atoms with E-state index < -0.39 is 0 Å². The van der Waals surface area contributed by atoms with Crippen molar-refractivity contribution in [2.24, 2.45) is 5.73 Å². The number of halogens is 2. The summed E-state index contributed by atoms with van der Waals surface area (Å²) >= 11 is 7.47. The molecule has 0 bridgehead atoms. The molecule has 2 atom stereocenters. The van der Waals surface area contributed by atoms with Crippen molar-refractivity contribution in [1.29, 1.82) is 0 Å². The van der Waals surface area contributed by atoms with E-state index in [2.05, 4.69) is 62.0 Å². The van der Waals surface area contributed by atoms with E-state index in [0.29, 0.717) is 0 Å². The zero-order valence-electron chi connectivity index (χ0n) is 9.31. The molecule has 3 nitrogen and oxygen atoms in total. The van der Waals surface area contributed by atoms with Gasteiger partial charge in [0, 0.05) is 27.0 Å². The fraction of sp³-hybridized carbons (Fsp3) is 0.364. The van der Waals surface area contributed by atoms with Crippen LogP contribution in [0.1, 0.15) is 24.3 Å². The summed E-state index contributed by atoms with van der Waals surface area (Å²) in [5.41, 5.74) is 6.23. The van der Waals surface area contributed by atoms with Gasteiger partial charge in [0.15, 0.2) is 0 Å². The van der Waals surface area contributed by atoms with Gasteiger partial charge in [0.05, 0.1) is 9.77 Å². The van der Waals surface area contributed by atoms with Crippen LogP contribution in [0.5, 0.6) is 0 Å². The zero-order chi connectivity index (χ0) is 12.4. The Labute approximate surface area is 127 Å². The van der Waals surface area contributed by atoms with E-state index in [1.807, 2.05) is 17.1 Å². The molecule has 0 aliphatic heterocycles. The molecule has 0 saturated carbocycles. The minimum absolute atomic E-state index is 0.0799. The molecule has 17 heavy (non-hydrogen) atoms. The van der Waals surface area contributed by atoms with Gasteiger partial charge in [-0.3, -0.25) is 4.68 Å². The summed E-state index contributed by atoms with van der Waals surface area (Å²) < 4.78 is 4.20. The summed E-state index contributed by atoms with van der Waals surface area (Å²) in [4.78, 5) is 1.24. The molecule has 92 valence electrons. The van der Waals surface area contributed by atoms with Crippen LogP contribution in [0.4, 0.5) is 0 Å². The van der Waals surface area contributed by atoms with E-state index in [-0.39, 0.29) is 12.1 Å². The highest BCUT2D eigenvalue weighted by Gasteiger charge is 2.22. The number of nitrogens with zero attached hydrogens (tertiary/aromatic N) is 2. The average molecular weight is 426 g/mol. The molecule has 2 heterocycles. The molecular weight excluding hydrogens is 413 g/mol. The lowest BCUT2D eigenvalue weighted by Gasteiger charge is -2.22. The Hall–Kier alpha value is 0.0800. The Bertz CT molecular complexity index is 456. The predicted molar refractivity (Wildman–Crippen MR) is 83.4 cm³/mol. The lowest BCUT2D eigenvalue weighted by molar-refractivity contribution is 0.429. The number of thiophene rings is 1. The molecule has 0 aromatic carbocycles. The molecule has 2 aromatic rings. The predicted octanol–water partition coefficient (Wildman–Crippen LogP) is 3.64. The van der Waals surface area contributed by atoms with Gasteiger partial charge in [-0.05, 0) is 51.0 Å². The molecular formula is C11H13BrIN3S. The standard InChI is InChI=1S/C11H13BrIN3S/c1-2-9(14)11(10-3-7(12)6-17-10)16-5-8(13)4-15-16/h3-6,9,11H,2,14H2,1H3. The number of nitrogens with two attached hydrogens (primary N) is 1. The van der Waals surface area contributed by atoms with Gasteiger partial charge in [-0.25, -0.2) is 0 Å². The fourth-order valence-electron chi connectivity index (χ4n) is 1.71. The van der Waals surface area contributed by atoms with Gasteiger partial charge in [0.1, 0.15) is 6.04 Å². The van der Waals surface area contributed by atoms with Crippen molar-refractivity contribution < 1.29 is 0 Å². The second-order valence-electron chi connectivity index (χ2n) is 3.82. The van der Waals surface area contributed by atoms with Crippen molar-refractivity contribution in [3.8, 4) is 0 Å². The third-order valence-electron chi connectivity index (χ3n) is 2.61. The smallest absolute Gasteiger partial charge is 0.101 e. The average Bonchev–Trinajstić information content (AvgIpc) is 2.89. The molecule has 0 fully saturated rings. The van der Waals surface area contributed by atoms with E-state index in [1.54, 1.807) is 11.3 Å². The summed E-state index contributed by atoms with van der Waals surface area (Å²) in [5.74, 6) is 0. The SMILES string of the molecule is CCC(N)C(c1cc(Br)cs1)n1cc(I)cn1. The van der Waals surface area contributed by atoms with Gasteiger partial charge in [0.25, 0.3) is 0 Å². The topological polar surface area (TPSA) is 43.8 Å². The van der Waals surface area contributed by atoms with Crippen molar-refractivity contribution in [3.63, 3.8) is 0 Å². The summed E-state index contributed by atoms with van der Waals surface area (Å²) in [6.07, 6.45) is 4.82. The van der Waals surface area contributed by atoms with Crippen molar-refractivity contribution in [2.75, 3.05) is 0 Å². The van der Waals surface area contributed by atoms with Crippen LogP contribution < -0.4 is 5.73 Å². The van der Waals surface area contributed by atoms with Crippen molar-refractivity contribution in [1.82, 2.24) is 9.78 Å². The van der Waals surface area contributed by atoms with Gasteiger partial charge in [-0.2, -0.15) is 5.10 Å². The molecule has 2 aromatic heterocycles. The van der Waals surface area contributed by atoms with Gasteiger partial charge in [-0.1, -0.05) is 6.92 Å². The maximum absolute atomic E-state index is 6.23. The largest absolute Gasteiger partial charge is 0.326 e. The molecule has 0 amide bonds. The fourth-order valence-corrected chi connectivity index (χ4v) is 3.73. The Morgan fingerprint density at radius 1 is 1.65 bits per heavy atom. The molecule has 0 radical (unpaired) electrons. The molecule has 0 spiro atoms. The maximum Gasteiger partial charge on any atom is 0.101 e. The van der Waals surface area contributed by atoms with Crippen LogP contribution in [-0.4, -0.2) is 15.8 Å². The molecule has 0 aliphatic rings. The third-order valence-corrected chi connectivity index (χ3v) is 4.93. The van der Waals surface area contributed by atoms with Crippen molar-refractivity contribution >= 4 is 49.9 Å². The number of rotatable bonds is 4. The van der Waals surface area contributed by atoms with Crippen LogP contribution in [0.15, 0.2) is 28.3 Å². The van der Waals surface area contributed by atoms with E-state index in [0.717, 1.165) is 14.5 Å². The van der Waals surface area contributed by atoms with Gasteiger partial charge < -0.3 is 5.73 Å². The van der Waals surface area contributed by atoms with E-state index in [1.165, 1.54) is 4.88 Å². The van der Waals surface area contributed by atoms with E-state index in [9.17, 15) is 0 Å². The van der Waals surface area contributed by atoms with Crippen LogP contribution in [0.2, 0.25) is 0 Å². The summed E-state index contributed by atoms with van der Waals surface area (Å²) in [7, 11) is 0. The summed E-state index contributed by atoms with van der Waals surface area (Å²) in [6.45, 7) is 2.11. The second-order valence-corrected chi connectivity index (χ2v) is 6.93. The Morgan fingerprint density at radius 3 is 2.88 bits per heavy atom. The molecule has 0 saturated heterocycles. The highest BCUT2D eigenvalue weighted by molar-refractivity contribution is 14.1. The zero-order valence-corrected chi connectivity index (χ0v) is 13.9. The number of hydrogen-bond acceptors (Lipinski definition) is 3. The van der Waals surface area contributed by atoms with Crippen LogP contribution in [0.25, 0.3) is 0 Å². The lowest BCUT2D eigenvalue weighted by Crippen LogP contribution is -2.32. The van der Waals surface area contributed by atoms with Gasteiger partial charge >= 0.3 is 0 Å². The lowest BCUT2D eigenvalue weighted by atomic mass is 10.1. The van der Waals surface area contributed by atoms with Crippen molar-refractivity contribution in [3.05, 3.63) is 36.8 Å². The summed E-state index contributed by atoms with van der Waals surface area (Å²) in [6, 6.07) is 2.33. The molecule has 0 aliphatic carbocycles. The first kappa shape index (κ1) is 13.5. The highest BCUT2D eigenvalue weighted by Crippen LogP contribution is 2.30. The Morgan fingerprint density at radius 2 is 2.41 bits per heavy atom. The maximum atomic E-state index is 6.23. The monoisotopic (exact) mass is 425 g/mol. The summed E-state index contributed by atoms with van der Waals surface area (Å²) in [5, 5.41) is 6.47. The molecule has 2 N–H and O–H groups in total. The van der Waals surface area contributed by atoms with Gasteiger partial charge in [0.2, 0.25) is 0 Å².